The van der Waals surface area contributed by atoms with E-state index in [2.05, 4.69) is 73.2 Å². The van der Waals surface area contributed by atoms with E-state index in [0.29, 0.717) is 5.56 Å². The largest absolute Gasteiger partial charge is 0.325 e. The Morgan fingerprint density at radius 2 is 1.50 bits per heavy atom. The van der Waals surface area contributed by atoms with Crippen LogP contribution >= 0.6 is 0 Å². The van der Waals surface area contributed by atoms with Crippen molar-refractivity contribution in [1.82, 2.24) is 9.97 Å². The van der Waals surface area contributed by atoms with Crippen molar-refractivity contribution in [3.8, 4) is 0 Å². The van der Waals surface area contributed by atoms with Crippen molar-refractivity contribution in [1.29, 1.82) is 0 Å². The third-order valence-electron chi connectivity index (χ3n) is 5.17. The fraction of sp³-hybridized carbons (Fsp3) is 0.182. The van der Waals surface area contributed by atoms with Gasteiger partial charge in [0.15, 0.2) is 0 Å². The molecule has 1 heterocycles. The fourth-order valence-electron chi connectivity index (χ4n) is 3.67. The van der Waals surface area contributed by atoms with Gasteiger partial charge in [-0.05, 0) is 54.2 Å². The molecule has 0 aliphatic heterocycles. The Hall–Kier alpha value is -3.14. The molecule has 0 bridgehead atoms. The highest BCUT2D eigenvalue weighted by Crippen LogP contribution is 2.39. The molecule has 1 aliphatic carbocycles. The number of hydrogen-bond acceptors (Lipinski definition) is 2. The summed E-state index contributed by atoms with van der Waals surface area (Å²) in [5.74, 6) is -0.240. The highest BCUT2D eigenvalue weighted by molar-refractivity contribution is 5.78. The van der Waals surface area contributed by atoms with Crippen molar-refractivity contribution in [3.05, 3.63) is 102 Å². The first-order valence-corrected chi connectivity index (χ1v) is 8.66. The van der Waals surface area contributed by atoms with Crippen LogP contribution in [0.4, 0.5) is 0 Å². The van der Waals surface area contributed by atoms with Crippen LogP contribution in [0.2, 0.25) is 0 Å². The summed E-state index contributed by atoms with van der Waals surface area (Å²) in [5.41, 5.74) is 7.58. The van der Waals surface area contributed by atoms with Crippen LogP contribution < -0.4 is 11.2 Å². The van der Waals surface area contributed by atoms with E-state index in [1.165, 1.54) is 16.7 Å². The van der Waals surface area contributed by atoms with Crippen molar-refractivity contribution < 1.29 is 0 Å². The zero-order chi connectivity index (χ0) is 18.4. The molecule has 0 saturated heterocycles. The van der Waals surface area contributed by atoms with Crippen LogP contribution in [0, 0.1) is 20.8 Å². The second-order valence-electron chi connectivity index (χ2n) is 6.99. The summed E-state index contributed by atoms with van der Waals surface area (Å²) in [5, 5.41) is 0. The van der Waals surface area contributed by atoms with Crippen LogP contribution in [0.15, 0.2) is 46.1 Å². The van der Waals surface area contributed by atoms with Gasteiger partial charge in [-0.25, -0.2) is 4.79 Å². The van der Waals surface area contributed by atoms with Gasteiger partial charge in [0.1, 0.15) is 0 Å². The third-order valence-corrected chi connectivity index (χ3v) is 5.17. The quantitative estimate of drug-likeness (QED) is 0.553. The number of aromatic amines is 2. The monoisotopic (exact) mass is 344 g/mol. The second kappa shape index (κ2) is 5.99. The third kappa shape index (κ3) is 2.64. The average molecular weight is 344 g/mol. The first-order valence-electron chi connectivity index (χ1n) is 8.66. The van der Waals surface area contributed by atoms with Gasteiger partial charge in [0.2, 0.25) is 0 Å². The summed E-state index contributed by atoms with van der Waals surface area (Å²) >= 11 is 0. The number of benzene rings is 2. The summed E-state index contributed by atoms with van der Waals surface area (Å²) in [6.45, 7) is 6.23. The van der Waals surface area contributed by atoms with Crippen molar-refractivity contribution in [2.24, 2.45) is 0 Å². The zero-order valence-electron chi connectivity index (χ0n) is 15.0. The molecule has 0 radical (unpaired) electrons. The molecule has 3 aromatic rings. The summed E-state index contributed by atoms with van der Waals surface area (Å²) in [6, 6.07) is 10.6. The van der Waals surface area contributed by atoms with E-state index in [1.807, 2.05) is 0 Å². The van der Waals surface area contributed by atoms with E-state index in [1.54, 1.807) is 6.20 Å². The lowest BCUT2D eigenvalue weighted by atomic mass is 9.82. The standard InChI is InChI=1S/C22H20N2O2/c1-12-4-7-17-15(8-12)5-6-16-9-13(2)14(3)10-18(16)20(17)19-11-23-22(26)24-21(19)25/h4-11,20H,1-3H3,(H2,23,24,25,26). The van der Waals surface area contributed by atoms with Gasteiger partial charge in [0.05, 0.1) is 0 Å². The Kier molecular flexibility index (Phi) is 3.76. The van der Waals surface area contributed by atoms with Gasteiger partial charge in [-0.2, -0.15) is 0 Å². The maximum atomic E-state index is 12.6. The number of hydrogen-bond donors (Lipinski definition) is 2. The van der Waals surface area contributed by atoms with E-state index in [4.69, 9.17) is 0 Å². The Morgan fingerprint density at radius 3 is 2.23 bits per heavy atom. The molecular formula is C22H20N2O2. The Balaban J connectivity index is 2.09. The van der Waals surface area contributed by atoms with Crippen LogP contribution in [-0.4, -0.2) is 9.97 Å². The van der Waals surface area contributed by atoms with Gasteiger partial charge in [-0.1, -0.05) is 48.0 Å². The molecule has 26 heavy (non-hydrogen) atoms. The predicted octanol–water partition coefficient (Wildman–Crippen LogP) is 3.65. The molecule has 4 heteroatoms. The van der Waals surface area contributed by atoms with E-state index >= 15 is 0 Å². The first kappa shape index (κ1) is 16.3. The number of rotatable bonds is 1. The molecule has 0 spiro atoms. The highest BCUT2D eigenvalue weighted by atomic mass is 16.2. The SMILES string of the molecule is Cc1ccc2c(c1)C=Cc1cc(C)c(C)cc1C2c1c[nH]c(=O)[nH]c1=O. The zero-order valence-corrected chi connectivity index (χ0v) is 15.0. The molecule has 1 aromatic heterocycles. The number of fused-ring (bicyclic) bond motifs is 2. The molecule has 1 unspecified atom stereocenters. The highest BCUT2D eigenvalue weighted by Gasteiger charge is 2.26. The van der Waals surface area contributed by atoms with Crippen LogP contribution in [0.25, 0.3) is 12.2 Å². The van der Waals surface area contributed by atoms with Gasteiger partial charge >= 0.3 is 5.69 Å². The molecule has 0 amide bonds. The number of aromatic nitrogens is 2. The molecule has 0 saturated carbocycles. The van der Waals surface area contributed by atoms with E-state index in [9.17, 15) is 9.59 Å². The minimum Gasteiger partial charge on any atom is -0.314 e. The lowest BCUT2D eigenvalue weighted by Gasteiger charge is -2.21. The van der Waals surface area contributed by atoms with Crippen molar-refractivity contribution >= 4 is 12.2 Å². The van der Waals surface area contributed by atoms with Gasteiger partial charge in [0.25, 0.3) is 5.56 Å². The summed E-state index contributed by atoms with van der Waals surface area (Å²) in [6.07, 6.45) is 5.76. The molecule has 1 aliphatic rings. The number of aryl methyl sites for hydroxylation is 3. The van der Waals surface area contributed by atoms with Crippen molar-refractivity contribution in [2.75, 3.05) is 0 Å². The van der Waals surface area contributed by atoms with Gasteiger partial charge in [0, 0.05) is 17.7 Å². The fourth-order valence-corrected chi connectivity index (χ4v) is 3.67. The average Bonchev–Trinajstić information content (AvgIpc) is 2.73. The van der Waals surface area contributed by atoms with Gasteiger partial charge in [-0.15, -0.1) is 0 Å². The molecule has 4 rings (SSSR count). The molecule has 4 nitrogen and oxygen atoms in total. The van der Waals surface area contributed by atoms with Crippen LogP contribution in [0.1, 0.15) is 50.4 Å². The van der Waals surface area contributed by atoms with Gasteiger partial charge in [-0.3, -0.25) is 9.78 Å². The first-order chi connectivity index (χ1) is 12.4. The lowest BCUT2D eigenvalue weighted by Crippen LogP contribution is -2.27. The second-order valence-corrected chi connectivity index (χ2v) is 6.99. The minimum atomic E-state index is -0.491. The van der Waals surface area contributed by atoms with E-state index < -0.39 is 5.69 Å². The predicted molar refractivity (Wildman–Crippen MR) is 105 cm³/mol. The number of nitrogens with one attached hydrogen (secondary N) is 2. The molecule has 2 N–H and O–H groups in total. The van der Waals surface area contributed by atoms with Crippen molar-refractivity contribution in [3.63, 3.8) is 0 Å². The molecule has 130 valence electrons. The Labute approximate surface area is 151 Å². The normalized spacial score (nSPS) is 15.3. The smallest absolute Gasteiger partial charge is 0.314 e. The minimum absolute atomic E-state index is 0.240. The molecule has 2 aromatic carbocycles. The van der Waals surface area contributed by atoms with E-state index in [0.717, 1.165) is 22.3 Å². The maximum absolute atomic E-state index is 12.6. The maximum Gasteiger partial charge on any atom is 0.325 e. The Morgan fingerprint density at radius 1 is 0.808 bits per heavy atom. The summed E-state index contributed by atoms with van der Waals surface area (Å²) < 4.78 is 0. The topological polar surface area (TPSA) is 65.7 Å². The molecule has 0 fully saturated rings. The van der Waals surface area contributed by atoms with Crippen LogP contribution in [0.5, 0.6) is 0 Å². The Bertz CT molecular complexity index is 1170. The molecular weight excluding hydrogens is 324 g/mol. The number of H-pyrrole nitrogens is 2. The summed E-state index contributed by atoms with van der Waals surface area (Å²) in [7, 11) is 0. The summed E-state index contributed by atoms with van der Waals surface area (Å²) in [4.78, 5) is 29.1. The van der Waals surface area contributed by atoms with Crippen molar-refractivity contribution in [2.45, 2.75) is 26.7 Å². The van der Waals surface area contributed by atoms with Gasteiger partial charge < -0.3 is 4.98 Å². The van der Waals surface area contributed by atoms with Crippen LogP contribution in [-0.2, 0) is 0 Å². The molecule has 1 atom stereocenters. The van der Waals surface area contributed by atoms with E-state index in [-0.39, 0.29) is 11.5 Å². The van der Waals surface area contributed by atoms with Crippen LogP contribution in [0.3, 0.4) is 0 Å². The lowest BCUT2D eigenvalue weighted by molar-refractivity contribution is 0.892.